The molecule has 0 saturated carbocycles. The van der Waals surface area contributed by atoms with Gasteiger partial charge in [-0.1, -0.05) is 28.9 Å². The van der Waals surface area contributed by atoms with E-state index in [2.05, 4.69) is 31.4 Å². The average Bonchev–Trinajstić information content (AvgIpc) is 2.78. The highest BCUT2D eigenvalue weighted by Crippen LogP contribution is 2.27. The maximum absolute atomic E-state index is 5.60. The van der Waals surface area contributed by atoms with Crippen LogP contribution in [0.15, 0.2) is 27.1 Å². The van der Waals surface area contributed by atoms with Gasteiger partial charge in [0.15, 0.2) is 0 Å². The van der Waals surface area contributed by atoms with Crippen LogP contribution in [0.1, 0.15) is 18.4 Å². The topological polar surface area (TPSA) is 51.0 Å². The molecule has 0 saturated heterocycles. The Bertz CT molecular complexity index is 510. The van der Waals surface area contributed by atoms with Crippen LogP contribution in [-0.2, 0) is 6.54 Å². The fourth-order valence-corrected chi connectivity index (χ4v) is 1.87. The Morgan fingerprint density at radius 2 is 2.18 bits per heavy atom. The third-order valence-electron chi connectivity index (χ3n) is 2.49. The van der Waals surface area contributed by atoms with Crippen molar-refractivity contribution < 1.29 is 4.42 Å². The maximum atomic E-state index is 5.60. The van der Waals surface area contributed by atoms with Crippen molar-refractivity contribution in [2.45, 2.75) is 20.4 Å². The van der Waals surface area contributed by atoms with Crippen LogP contribution in [0.3, 0.4) is 0 Å². The van der Waals surface area contributed by atoms with E-state index in [1.807, 2.05) is 32.0 Å². The second-order valence-corrected chi connectivity index (χ2v) is 4.55. The summed E-state index contributed by atoms with van der Waals surface area (Å²) in [5.74, 6) is 1.18. The van der Waals surface area contributed by atoms with Crippen LogP contribution in [0.25, 0.3) is 11.5 Å². The number of rotatable bonds is 4. The number of nitrogens with one attached hydrogen (secondary N) is 1. The second kappa shape index (κ2) is 5.42. The molecule has 1 aromatic heterocycles. The molecule has 0 atom stereocenters. The molecule has 0 radical (unpaired) electrons. The fourth-order valence-electron chi connectivity index (χ4n) is 1.50. The van der Waals surface area contributed by atoms with Crippen LogP contribution in [0.5, 0.6) is 0 Å². The van der Waals surface area contributed by atoms with Gasteiger partial charge in [-0.2, -0.15) is 0 Å². The first-order valence-corrected chi connectivity index (χ1v) is 6.30. The molecule has 17 heavy (non-hydrogen) atoms. The van der Waals surface area contributed by atoms with Crippen LogP contribution >= 0.6 is 15.9 Å². The lowest BCUT2D eigenvalue weighted by atomic mass is 10.1. The molecular formula is C12H14BrN3O. The zero-order chi connectivity index (χ0) is 12.3. The first-order valence-electron chi connectivity index (χ1n) is 5.51. The van der Waals surface area contributed by atoms with Gasteiger partial charge in [0.25, 0.3) is 0 Å². The summed E-state index contributed by atoms with van der Waals surface area (Å²) >= 11 is 3.49. The molecule has 1 N–H and O–H groups in total. The van der Waals surface area contributed by atoms with E-state index in [4.69, 9.17) is 4.42 Å². The molecule has 0 fully saturated rings. The minimum absolute atomic E-state index is 0.566. The van der Waals surface area contributed by atoms with E-state index in [0.29, 0.717) is 18.3 Å². The van der Waals surface area contributed by atoms with Crippen molar-refractivity contribution in [1.29, 1.82) is 0 Å². The third kappa shape index (κ3) is 2.73. The van der Waals surface area contributed by atoms with Crippen LogP contribution in [0.2, 0.25) is 0 Å². The minimum atomic E-state index is 0.566. The fraction of sp³-hybridized carbons (Fsp3) is 0.333. The summed E-state index contributed by atoms with van der Waals surface area (Å²) in [5, 5.41) is 11.2. The monoisotopic (exact) mass is 295 g/mol. The quantitative estimate of drug-likeness (QED) is 0.942. The number of hydrogen-bond acceptors (Lipinski definition) is 4. The van der Waals surface area contributed by atoms with Crippen LogP contribution < -0.4 is 5.32 Å². The smallest absolute Gasteiger partial charge is 0.248 e. The third-order valence-corrected chi connectivity index (χ3v) is 3.35. The highest BCUT2D eigenvalue weighted by Gasteiger charge is 2.11. The predicted octanol–water partition coefficient (Wildman–Crippen LogP) is 2.92. The predicted molar refractivity (Wildman–Crippen MR) is 69.6 cm³/mol. The number of aromatic nitrogens is 2. The second-order valence-electron chi connectivity index (χ2n) is 3.69. The summed E-state index contributed by atoms with van der Waals surface area (Å²) in [6, 6.07) is 5.93. The summed E-state index contributed by atoms with van der Waals surface area (Å²) in [4.78, 5) is 0. The van der Waals surface area contributed by atoms with E-state index < -0.39 is 0 Å². The van der Waals surface area contributed by atoms with Crippen LogP contribution in [0, 0.1) is 6.92 Å². The van der Waals surface area contributed by atoms with Crippen molar-refractivity contribution in [3.8, 4) is 11.5 Å². The zero-order valence-corrected chi connectivity index (χ0v) is 11.4. The van der Waals surface area contributed by atoms with Gasteiger partial charge in [0.05, 0.1) is 6.54 Å². The van der Waals surface area contributed by atoms with E-state index in [1.165, 1.54) is 0 Å². The molecule has 4 nitrogen and oxygen atoms in total. The molecule has 0 spiro atoms. The summed E-state index contributed by atoms with van der Waals surface area (Å²) in [5.41, 5.74) is 2.07. The Kier molecular flexibility index (Phi) is 3.91. The van der Waals surface area contributed by atoms with Gasteiger partial charge >= 0.3 is 0 Å². The normalized spacial score (nSPS) is 10.8. The van der Waals surface area contributed by atoms with Crippen molar-refractivity contribution in [3.63, 3.8) is 0 Å². The number of nitrogens with zero attached hydrogens (tertiary/aromatic N) is 2. The maximum Gasteiger partial charge on any atom is 0.248 e. The van der Waals surface area contributed by atoms with Gasteiger partial charge < -0.3 is 9.73 Å². The van der Waals surface area contributed by atoms with E-state index in [0.717, 1.165) is 22.1 Å². The summed E-state index contributed by atoms with van der Waals surface area (Å²) in [7, 11) is 0. The molecule has 0 aliphatic rings. The van der Waals surface area contributed by atoms with Crippen molar-refractivity contribution in [2.75, 3.05) is 6.54 Å². The van der Waals surface area contributed by atoms with Crippen molar-refractivity contribution in [2.24, 2.45) is 0 Å². The molecule has 2 rings (SSSR count). The largest absolute Gasteiger partial charge is 0.419 e. The summed E-state index contributed by atoms with van der Waals surface area (Å²) in [6.07, 6.45) is 0. The Balaban J connectivity index is 2.27. The number of halogens is 1. The Morgan fingerprint density at radius 1 is 1.35 bits per heavy atom. The molecule has 1 heterocycles. The van der Waals surface area contributed by atoms with Gasteiger partial charge in [0.1, 0.15) is 0 Å². The molecular weight excluding hydrogens is 282 g/mol. The molecule has 0 aliphatic carbocycles. The number of hydrogen-bond donors (Lipinski definition) is 1. The van der Waals surface area contributed by atoms with Gasteiger partial charge in [0, 0.05) is 10.0 Å². The lowest BCUT2D eigenvalue weighted by molar-refractivity contribution is 0.482. The molecule has 1 aromatic carbocycles. The summed E-state index contributed by atoms with van der Waals surface area (Å²) in [6.45, 7) is 5.55. The highest BCUT2D eigenvalue weighted by atomic mass is 79.9. The van der Waals surface area contributed by atoms with Crippen molar-refractivity contribution in [1.82, 2.24) is 15.5 Å². The first kappa shape index (κ1) is 12.3. The number of benzene rings is 1. The average molecular weight is 296 g/mol. The standard InChI is InChI=1S/C12H14BrN3O/c1-3-14-7-11-15-16-12(17-11)9-5-4-6-10(13)8(9)2/h4-6,14H,3,7H2,1-2H3. The van der Waals surface area contributed by atoms with Gasteiger partial charge in [-0.15, -0.1) is 10.2 Å². The van der Waals surface area contributed by atoms with Crippen LogP contribution in [0.4, 0.5) is 0 Å². The minimum Gasteiger partial charge on any atom is -0.419 e. The van der Waals surface area contributed by atoms with E-state index >= 15 is 0 Å². The molecule has 5 heteroatoms. The van der Waals surface area contributed by atoms with E-state index in [9.17, 15) is 0 Å². The lowest BCUT2D eigenvalue weighted by Crippen LogP contribution is -2.11. The Hall–Kier alpha value is -1.20. The highest BCUT2D eigenvalue weighted by molar-refractivity contribution is 9.10. The van der Waals surface area contributed by atoms with Crippen molar-refractivity contribution in [3.05, 3.63) is 34.1 Å². The van der Waals surface area contributed by atoms with Gasteiger partial charge in [0.2, 0.25) is 11.8 Å². The zero-order valence-electron chi connectivity index (χ0n) is 9.83. The Morgan fingerprint density at radius 3 is 2.94 bits per heavy atom. The first-order chi connectivity index (χ1) is 8.22. The molecule has 0 unspecified atom stereocenters. The molecule has 0 aliphatic heterocycles. The van der Waals surface area contributed by atoms with Crippen molar-refractivity contribution >= 4 is 15.9 Å². The SMILES string of the molecule is CCNCc1nnc(-c2cccc(Br)c2C)o1. The summed E-state index contributed by atoms with van der Waals surface area (Å²) < 4.78 is 6.65. The van der Waals surface area contributed by atoms with Gasteiger partial charge in [-0.3, -0.25) is 0 Å². The Labute approximate surface area is 109 Å². The molecule has 0 bridgehead atoms. The van der Waals surface area contributed by atoms with E-state index in [1.54, 1.807) is 0 Å². The van der Waals surface area contributed by atoms with Gasteiger partial charge in [-0.25, -0.2) is 0 Å². The van der Waals surface area contributed by atoms with E-state index in [-0.39, 0.29) is 0 Å². The van der Waals surface area contributed by atoms with Crippen LogP contribution in [-0.4, -0.2) is 16.7 Å². The molecule has 0 amide bonds. The molecule has 90 valence electrons. The molecule has 2 aromatic rings. The van der Waals surface area contributed by atoms with Gasteiger partial charge in [-0.05, 0) is 31.2 Å². The lowest BCUT2D eigenvalue weighted by Gasteiger charge is -2.02.